The molecule has 1 aliphatic heterocycles. The van der Waals surface area contributed by atoms with Crippen molar-refractivity contribution in [3.8, 4) is 0 Å². The van der Waals surface area contributed by atoms with E-state index in [4.69, 9.17) is 10.2 Å². The molecule has 0 bridgehead atoms. The van der Waals surface area contributed by atoms with Crippen LogP contribution >= 0.6 is 0 Å². The van der Waals surface area contributed by atoms with E-state index in [1.54, 1.807) is 19.3 Å². The van der Waals surface area contributed by atoms with Crippen molar-refractivity contribution < 1.29 is 9.21 Å². The number of nitrogens with zero attached hydrogens (tertiary/aromatic N) is 4. The summed E-state index contributed by atoms with van der Waals surface area (Å²) in [6.45, 7) is 3.27. The Kier molecular flexibility index (Phi) is 4.55. The standard InChI is InChI=1S/C16H21N5O2/c1-11-15(23-10-20-11)16(22)21-5-2-3-12(4-6-21)7-13-8-19-14(17)9-18-13/h8-10,12H,2-7H2,1H3,(H2,17,19)/t12-/m1/s1. The highest BCUT2D eigenvalue weighted by Crippen LogP contribution is 2.22. The van der Waals surface area contributed by atoms with Crippen LogP contribution in [0.2, 0.25) is 0 Å². The molecular weight excluding hydrogens is 294 g/mol. The summed E-state index contributed by atoms with van der Waals surface area (Å²) in [5, 5.41) is 0. The van der Waals surface area contributed by atoms with Crippen LogP contribution in [0.25, 0.3) is 0 Å². The molecule has 0 radical (unpaired) electrons. The Morgan fingerprint density at radius 1 is 1.30 bits per heavy atom. The van der Waals surface area contributed by atoms with E-state index in [0.717, 1.165) is 44.5 Å². The van der Waals surface area contributed by atoms with Crippen LogP contribution in [0.4, 0.5) is 5.82 Å². The predicted octanol–water partition coefficient (Wildman–Crippen LogP) is 1.84. The number of carbonyl (C=O) groups excluding carboxylic acids is 1. The second-order valence-electron chi connectivity index (χ2n) is 5.99. The van der Waals surface area contributed by atoms with Crippen LogP contribution in [-0.4, -0.2) is 38.8 Å². The quantitative estimate of drug-likeness (QED) is 0.928. The second kappa shape index (κ2) is 6.76. The maximum absolute atomic E-state index is 12.5. The number of nitrogen functional groups attached to an aromatic ring is 1. The largest absolute Gasteiger partial charge is 0.438 e. The van der Waals surface area contributed by atoms with Gasteiger partial charge in [-0.15, -0.1) is 0 Å². The van der Waals surface area contributed by atoms with Gasteiger partial charge < -0.3 is 15.1 Å². The minimum atomic E-state index is -0.0621. The molecule has 0 saturated carbocycles. The molecule has 2 aromatic rings. The molecule has 1 atom stereocenters. The summed E-state index contributed by atoms with van der Waals surface area (Å²) in [6, 6.07) is 0. The van der Waals surface area contributed by atoms with Crippen molar-refractivity contribution in [1.82, 2.24) is 19.9 Å². The summed E-state index contributed by atoms with van der Waals surface area (Å²) < 4.78 is 5.22. The van der Waals surface area contributed by atoms with Crippen molar-refractivity contribution in [2.24, 2.45) is 5.92 Å². The Morgan fingerprint density at radius 3 is 2.87 bits per heavy atom. The van der Waals surface area contributed by atoms with Gasteiger partial charge in [-0.2, -0.15) is 0 Å². The van der Waals surface area contributed by atoms with E-state index in [1.807, 2.05) is 4.90 Å². The molecule has 1 amide bonds. The summed E-state index contributed by atoms with van der Waals surface area (Å²) in [4.78, 5) is 26.8. The highest BCUT2D eigenvalue weighted by Gasteiger charge is 2.25. The Bertz CT molecular complexity index is 667. The van der Waals surface area contributed by atoms with E-state index in [-0.39, 0.29) is 5.91 Å². The van der Waals surface area contributed by atoms with Gasteiger partial charge in [0.15, 0.2) is 6.39 Å². The fourth-order valence-electron chi connectivity index (χ4n) is 2.99. The van der Waals surface area contributed by atoms with Gasteiger partial charge in [0, 0.05) is 13.1 Å². The monoisotopic (exact) mass is 315 g/mol. The van der Waals surface area contributed by atoms with Crippen molar-refractivity contribution in [3.05, 3.63) is 35.9 Å². The van der Waals surface area contributed by atoms with Gasteiger partial charge in [0.2, 0.25) is 5.76 Å². The zero-order chi connectivity index (χ0) is 16.2. The number of rotatable bonds is 3. The van der Waals surface area contributed by atoms with Crippen molar-refractivity contribution in [2.45, 2.75) is 32.6 Å². The normalized spacial score (nSPS) is 18.7. The van der Waals surface area contributed by atoms with Crippen LogP contribution in [0.5, 0.6) is 0 Å². The zero-order valence-electron chi connectivity index (χ0n) is 13.2. The maximum Gasteiger partial charge on any atom is 0.291 e. The summed E-state index contributed by atoms with van der Waals surface area (Å²) in [7, 11) is 0. The molecule has 0 unspecified atom stereocenters. The number of carbonyl (C=O) groups is 1. The van der Waals surface area contributed by atoms with Crippen LogP contribution in [-0.2, 0) is 6.42 Å². The molecule has 1 fully saturated rings. The van der Waals surface area contributed by atoms with E-state index in [9.17, 15) is 4.79 Å². The van der Waals surface area contributed by atoms with Crippen LogP contribution in [0.1, 0.15) is 41.2 Å². The van der Waals surface area contributed by atoms with Crippen molar-refractivity contribution >= 4 is 11.7 Å². The average molecular weight is 315 g/mol. The number of hydrogen-bond donors (Lipinski definition) is 1. The molecule has 0 aromatic carbocycles. The van der Waals surface area contributed by atoms with Crippen molar-refractivity contribution in [2.75, 3.05) is 18.8 Å². The number of amides is 1. The summed E-state index contributed by atoms with van der Waals surface area (Å²) in [6.07, 6.45) is 8.53. The first-order valence-electron chi connectivity index (χ1n) is 7.89. The molecular formula is C16H21N5O2. The average Bonchev–Trinajstić information content (AvgIpc) is 2.84. The molecule has 122 valence electrons. The molecule has 7 nitrogen and oxygen atoms in total. The van der Waals surface area contributed by atoms with Crippen LogP contribution in [0.3, 0.4) is 0 Å². The summed E-state index contributed by atoms with van der Waals surface area (Å²) in [5.74, 6) is 1.23. The van der Waals surface area contributed by atoms with Gasteiger partial charge in [0.05, 0.1) is 23.8 Å². The molecule has 1 saturated heterocycles. The third-order valence-corrected chi connectivity index (χ3v) is 4.30. The predicted molar refractivity (Wildman–Crippen MR) is 84.6 cm³/mol. The lowest BCUT2D eigenvalue weighted by Crippen LogP contribution is -2.32. The van der Waals surface area contributed by atoms with Gasteiger partial charge in [0.25, 0.3) is 5.91 Å². The number of aromatic nitrogens is 3. The fraction of sp³-hybridized carbons (Fsp3) is 0.500. The second-order valence-corrected chi connectivity index (χ2v) is 5.99. The topological polar surface area (TPSA) is 98.1 Å². The lowest BCUT2D eigenvalue weighted by Gasteiger charge is -2.19. The maximum atomic E-state index is 12.5. The number of likely N-dealkylation sites (tertiary alicyclic amines) is 1. The Labute approximate surface area is 134 Å². The molecule has 0 spiro atoms. The van der Waals surface area contributed by atoms with E-state index >= 15 is 0 Å². The Morgan fingerprint density at radius 2 is 2.17 bits per heavy atom. The highest BCUT2D eigenvalue weighted by atomic mass is 16.3. The van der Waals surface area contributed by atoms with Crippen LogP contribution in [0, 0.1) is 12.8 Å². The first-order valence-corrected chi connectivity index (χ1v) is 7.89. The third-order valence-electron chi connectivity index (χ3n) is 4.30. The molecule has 0 aliphatic carbocycles. The van der Waals surface area contributed by atoms with E-state index in [1.165, 1.54) is 6.39 Å². The van der Waals surface area contributed by atoms with E-state index in [0.29, 0.717) is 23.2 Å². The number of oxazole rings is 1. The van der Waals surface area contributed by atoms with Gasteiger partial charge in [-0.05, 0) is 38.5 Å². The third kappa shape index (κ3) is 3.67. The lowest BCUT2D eigenvalue weighted by molar-refractivity contribution is 0.0727. The number of hydrogen-bond acceptors (Lipinski definition) is 6. The Hall–Kier alpha value is -2.44. The van der Waals surface area contributed by atoms with E-state index in [2.05, 4.69) is 15.0 Å². The number of nitrogens with two attached hydrogens (primary N) is 1. The molecule has 23 heavy (non-hydrogen) atoms. The molecule has 7 heteroatoms. The first kappa shape index (κ1) is 15.5. The minimum absolute atomic E-state index is 0.0621. The van der Waals surface area contributed by atoms with E-state index < -0.39 is 0 Å². The molecule has 2 N–H and O–H groups in total. The van der Waals surface area contributed by atoms with Crippen LogP contribution < -0.4 is 5.73 Å². The fourth-order valence-corrected chi connectivity index (χ4v) is 2.99. The summed E-state index contributed by atoms with van der Waals surface area (Å²) in [5.41, 5.74) is 7.16. The summed E-state index contributed by atoms with van der Waals surface area (Å²) >= 11 is 0. The SMILES string of the molecule is Cc1ncoc1C(=O)N1CCC[C@@H](Cc2cnc(N)cn2)CC1. The van der Waals surface area contributed by atoms with Crippen LogP contribution in [0.15, 0.2) is 23.2 Å². The first-order chi connectivity index (χ1) is 11.1. The lowest BCUT2D eigenvalue weighted by atomic mass is 9.95. The van der Waals surface area contributed by atoms with Gasteiger partial charge in [-0.25, -0.2) is 9.97 Å². The highest BCUT2D eigenvalue weighted by molar-refractivity contribution is 5.92. The molecule has 1 aliphatic rings. The van der Waals surface area contributed by atoms with Gasteiger partial charge in [-0.3, -0.25) is 9.78 Å². The van der Waals surface area contributed by atoms with Crippen molar-refractivity contribution in [1.29, 1.82) is 0 Å². The Balaban J connectivity index is 1.60. The van der Waals surface area contributed by atoms with Gasteiger partial charge in [-0.1, -0.05) is 0 Å². The minimum Gasteiger partial charge on any atom is -0.438 e. The van der Waals surface area contributed by atoms with Gasteiger partial charge >= 0.3 is 0 Å². The number of aryl methyl sites for hydroxylation is 1. The molecule has 3 heterocycles. The number of anilines is 1. The van der Waals surface area contributed by atoms with Gasteiger partial charge in [0.1, 0.15) is 5.82 Å². The molecule has 3 rings (SSSR count). The smallest absolute Gasteiger partial charge is 0.291 e. The van der Waals surface area contributed by atoms with Crippen molar-refractivity contribution in [3.63, 3.8) is 0 Å². The molecule has 2 aromatic heterocycles. The zero-order valence-corrected chi connectivity index (χ0v) is 13.2.